The van der Waals surface area contributed by atoms with E-state index in [1.165, 1.54) is 51.9 Å². The van der Waals surface area contributed by atoms with Gasteiger partial charge in [0.2, 0.25) is 0 Å². The third-order valence-corrected chi connectivity index (χ3v) is 12.8. The molecule has 0 bridgehead atoms. The minimum absolute atomic E-state index is 0.283. The summed E-state index contributed by atoms with van der Waals surface area (Å²) in [6.45, 7) is 2.52. The second kappa shape index (κ2) is 21.1. The van der Waals surface area contributed by atoms with Crippen LogP contribution >= 0.6 is 25.5 Å². The number of aromatic nitrogens is 1. The van der Waals surface area contributed by atoms with Gasteiger partial charge in [-0.25, -0.2) is 0 Å². The van der Waals surface area contributed by atoms with Gasteiger partial charge < -0.3 is 10.7 Å². The van der Waals surface area contributed by atoms with Crippen molar-refractivity contribution < 1.29 is 17.3 Å². The van der Waals surface area contributed by atoms with Crippen LogP contribution in [0.25, 0.3) is 11.3 Å². The van der Waals surface area contributed by atoms with Gasteiger partial charge in [-0.1, -0.05) is 162 Å². The van der Waals surface area contributed by atoms with Crippen LogP contribution in [0.2, 0.25) is 0 Å². The first-order chi connectivity index (χ1) is 23.2. The Labute approximate surface area is 298 Å². The Kier molecular flexibility index (Phi) is 16.5. The Morgan fingerprint density at radius 2 is 0.957 bits per heavy atom. The van der Waals surface area contributed by atoms with Gasteiger partial charge in [-0.3, -0.25) is 0 Å². The number of pyridine rings is 1. The fourth-order valence-corrected chi connectivity index (χ4v) is 10.0. The number of nitrogens with zero attached hydrogens (tertiary/aromatic N) is 1. The zero-order valence-corrected chi connectivity index (χ0v) is 31.0. The van der Waals surface area contributed by atoms with Crippen molar-refractivity contribution in [2.45, 2.75) is 26.3 Å². The maximum Gasteiger partial charge on any atom is -0.0195 e. The maximum absolute atomic E-state index is 5.54. The molecule has 240 valence electrons. The molecule has 0 saturated heterocycles. The van der Waals surface area contributed by atoms with E-state index in [2.05, 4.69) is 173 Å². The van der Waals surface area contributed by atoms with Crippen LogP contribution in [0.1, 0.15) is 24.1 Å². The first-order valence-electron chi connectivity index (χ1n) is 15.7. The quantitative estimate of drug-likeness (QED) is 0.0620. The summed E-state index contributed by atoms with van der Waals surface area (Å²) >= 11 is 1.82. The number of unbranched alkanes of at least 4 members (excludes halogenated alkanes) is 1. The van der Waals surface area contributed by atoms with E-state index in [-0.39, 0.29) is 15.8 Å². The van der Waals surface area contributed by atoms with Gasteiger partial charge in [-0.2, -0.15) is 18.2 Å². The molecule has 47 heavy (non-hydrogen) atoms. The molecule has 0 atom stereocenters. The van der Waals surface area contributed by atoms with Crippen molar-refractivity contribution >= 4 is 46.8 Å². The van der Waals surface area contributed by atoms with Crippen LogP contribution in [0.5, 0.6) is 0 Å². The number of hydrogen-bond donors (Lipinski definition) is 1. The molecular formula is C41H41ClN2P2Ru. The van der Waals surface area contributed by atoms with E-state index in [9.17, 15) is 0 Å². The predicted molar refractivity (Wildman–Crippen MR) is 204 cm³/mol. The van der Waals surface area contributed by atoms with Crippen molar-refractivity contribution in [2.75, 3.05) is 12.3 Å². The SMILES string of the molecule is Cc1ccc(-c2c[c-]cc(CN)n2)cc1.[Cl][Ru+].c1ccc(P(CCCCP(c2ccccc2)c2ccccc2)c2ccccc2)cc1. The van der Waals surface area contributed by atoms with E-state index >= 15 is 0 Å². The molecule has 2 N–H and O–H groups in total. The van der Waals surface area contributed by atoms with Gasteiger partial charge in [0.15, 0.2) is 0 Å². The van der Waals surface area contributed by atoms with E-state index in [1.54, 1.807) is 0 Å². The van der Waals surface area contributed by atoms with Crippen molar-refractivity contribution in [3.63, 3.8) is 0 Å². The maximum atomic E-state index is 5.54. The van der Waals surface area contributed by atoms with E-state index in [0.29, 0.717) is 6.54 Å². The van der Waals surface area contributed by atoms with Gasteiger partial charge in [0.25, 0.3) is 0 Å². The van der Waals surface area contributed by atoms with Crippen molar-refractivity contribution in [3.8, 4) is 11.3 Å². The van der Waals surface area contributed by atoms with Crippen molar-refractivity contribution in [1.82, 2.24) is 4.98 Å². The van der Waals surface area contributed by atoms with Crippen LogP contribution in [-0.2, 0) is 23.9 Å². The molecule has 0 spiro atoms. The second-order valence-corrected chi connectivity index (χ2v) is 15.5. The van der Waals surface area contributed by atoms with Gasteiger partial charge in [0, 0.05) is 0 Å². The molecule has 1 aromatic heterocycles. The minimum atomic E-state index is -0.283. The molecule has 0 aliphatic rings. The van der Waals surface area contributed by atoms with Gasteiger partial charge >= 0.3 is 27.0 Å². The topological polar surface area (TPSA) is 38.9 Å². The molecule has 0 aliphatic carbocycles. The van der Waals surface area contributed by atoms with Gasteiger partial charge in [0.1, 0.15) is 0 Å². The molecular weight excluding hydrogens is 719 g/mol. The molecule has 0 unspecified atom stereocenters. The number of benzene rings is 5. The van der Waals surface area contributed by atoms with Crippen molar-refractivity contribution in [2.24, 2.45) is 5.73 Å². The molecule has 0 amide bonds. The molecule has 2 nitrogen and oxygen atoms in total. The zero-order chi connectivity index (χ0) is 33.1. The second-order valence-electron chi connectivity index (χ2n) is 10.9. The largest absolute Gasteiger partial charge is 0.0622 e. The fourth-order valence-electron chi connectivity index (χ4n) is 5.20. The third-order valence-electron chi connectivity index (χ3n) is 7.58. The minimum Gasteiger partial charge on any atom is -0.0622 e. The molecule has 0 fully saturated rings. The Hall–Kier alpha value is -3.02. The van der Waals surface area contributed by atoms with E-state index in [4.69, 9.17) is 5.73 Å². The van der Waals surface area contributed by atoms with E-state index in [1.807, 2.05) is 29.4 Å². The summed E-state index contributed by atoms with van der Waals surface area (Å²) < 4.78 is 0. The molecule has 0 saturated carbocycles. The molecule has 0 radical (unpaired) electrons. The summed E-state index contributed by atoms with van der Waals surface area (Å²) in [5.41, 5.74) is 9.69. The molecule has 6 heteroatoms. The Morgan fingerprint density at radius 1 is 0.574 bits per heavy atom. The van der Waals surface area contributed by atoms with Crippen LogP contribution in [0, 0.1) is 13.0 Å². The zero-order valence-electron chi connectivity index (χ0n) is 26.7. The fraction of sp³-hybridized carbons (Fsp3) is 0.146. The van der Waals surface area contributed by atoms with E-state index < -0.39 is 0 Å². The first-order valence-corrected chi connectivity index (χ1v) is 21.0. The third kappa shape index (κ3) is 11.9. The van der Waals surface area contributed by atoms with E-state index in [0.717, 1.165) is 17.0 Å². The Bertz CT molecular complexity index is 1530. The van der Waals surface area contributed by atoms with Crippen molar-refractivity contribution in [1.29, 1.82) is 0 Å². The number of hydrogen-bond acceptors (Lipinski definition) is 2. The monoisotopic (exact) mass is 760 g/mol. The van der Waals surface area contributed by atoms with Gasteiger partial charge in [0.05, 0.1) is 0 Å². The summed E-state index contributed by atoms with van der Waals surface area (Å²) in [6.07, 6.45) is 5.06. The molecule has 1 heterocycles. The van der Waals surface area contributed by atoms with Crippen LogP contribution in [0.4, 0.5) is 0 Å². The molecule has 5 aromatic carbocycles. The number of rotatable bonds is 11. The average Bonchev–Trinajstić information content (AvgIpc) is 3.16. The predicted octanol–water partition coefficient (Wildman–Crippen LogP) is 9.04. The molecule has 0 aliphatic heterocycles. The number of nitrogens with two attached hydrogens (primary N) is 1. The summed E-state index contributed by atoms with van der Waals surface area (Å²) in [7, 11) is 4.00. The number of halogens is 1. The Balaban J connectivity index is 0.000000246. The first kappa shape index (κ1) is 36.8. The summed E-state index contributed by atoms with van der Waals surface area (Å²) in [6, 6.07) is 59.4. The standard InChI is InChI=1S/C28H28P2.C13H13N2.ClH.Ru/c1-5-15-25(16-6-1)29(26-17-7-2-8-18-26)23-13-14-24-30(27-19-9-3-10-20-27)28-21-11-4-12-22-28;1-10-5-7-11(8-6-10)13-4-2-3-12(9-14)15-13;;/h1-12,15-22H,13-14,23-24H2;3-8H,9,14H2,1H3;1H;/q;-1;;+2/p-1. The molecule has 6 aromatic rings. The van der Waals surface area contributed by atoms with Crippen LogP contribution in [0.3, 0.4) is 0 Å². The normalized spacial score (nSPS) is 10.5. The molecule has 6 rings (SSSR count). The summed E-state index contributed by atoms with van der Waals surface area (Å²) in [4.78, 5) is 4.43. The number of aryl methyl sites for hydroxylation is 1. The van der Waals surface area contributed by atoms with Crippen LogP contribution in [0.15, 0.2) is 158 Å². The average molecular weight is 760 g/mol. The smallest absolute Gasteiger partial charge is 0.0195 e. The van der Waals surface area contributed by atoms with Crippen molar-refractivity contribution in [3.05, 3.63) is 175 Å². The Morgan fingerprint density at radius 3 is 1.32 bits per heavy atom. The summed E-state index contributed by atoms with van der Waals surface area (Å²) in [5, 5.41) is 5.97. The van der Waals surface area contributed by atoms with Crippen LogP contribution < -0.4 is 27.0 Å². The van der Waals surface area contributed by atoms with Gasteiger partial charge in [-0.05, 0) is 81.4 Å². The van der Waals surface area contributed by atoms with Gasteiger partial charge in [-0.15, -0.1) is 0 Å². The summed E-state index contributed by atoms with van der Waals surface area (Å²) in [5.74, 6) is 0. The van der Waals surface area contributed by atoms with Crippen LogP contribution in [-0.4, -0.2) is 17.3 Å².